The highest BCUT2D eigenvalue weighted by atomic mass is 16.5. The van der Waals surface area contributed by atoms with Crippen molar-refractivity contribution in [2.75, 3.05) is 33.5 Å². The molecule has 7 nitrogen and oxygen atoms in total. The molecule has 1 aromatic carbocycles. The van der Waals surface area contributed by atoms with Crippen LogP contribution in [0, 0.1) is 0 Å². The van der Waals surface area contributed by atoms with Gasteiger partial charge in [-0.1, -0.05) is 0 Å². The molecule has 0 saturated carbocycles. The summed E-state index contributed by atoms with van der Waals surface area (Å²) in [6.07, 6.45) is 3.24. The van der Waals surface area contributed by atoms with Crippen molar-refractivity contribution in [1.29, 1.82) is 0 Å². The van der Waals surface area contributed by atoms with Gasteiger partial charge in [-0.15, -0.1) is 10.2 Å². The Morgan fingerprint density at radius 3 is 2.73 bits per heavy atom. The van der Waals surface area contributed by atoms with Crippen molar-refractivity contribution in [3.8, 4) is 5.69 Å². The molecule has 1 atom stereocenters. The van der Waals surface area contributed by atoms with Crippen LogP contribution < -0.4 is 0 Å². The minimum atomic E-state index is -0.0382. The molecule has 0 aliphatic carbocycles. The van der Waals surface area contributed by atoms with Gasteiger partial charge >= 0.3 is 0 Å². The smallest absolute Gasteiger partial charge is 0.254 e. The highest BCUT2D eigenvalue weighted by Gasteiger charge is 2.27. The van der Waals surface area contributed by atoms with Crippen molar-refractivity contribution in [1.82, 2.24) is 19.7 Å². The molecule has 0 bridgehead atoms. The SMILES string of the molecule is COCC1COCCN1C(=O)c1ccc(-n2cnnc2)cc1. The quantitative estimate of drug-likeness (QED) is 0.834. The lowest BCUT2D eigenvalue weighted by Crippen LogP contribution is -2.50. The van der Waals surface area contributed by atoms with Crippen LogP contribution in [0.25, 0.3) is 5.69 Å². The second-order valence-electron chi connectivity index (χ2n) is 5.10. The van der Waals surface area contributed by atoms with E-state index in [1.165, 1.54) is 0 Å². The van der Waals surface area contributed by atoms with Crippen LogP contribution in [0.3, 0.4) is 0 Å². The number of aromatic nitrogens is 3. The van der Waals surface area contributed by atoms with E-state index in [0.717, 1.165) is 5.69 Å². The highest BCUT2D eigenvalue weighted by Crippen LogP contribution is 2.15. The van der Waals surface area contributed by atoms with E-state index in [1.807, 2.05) is 29.2 Å². The molecule has 2 heterocycles. The molecule has 0 spiro atoms. The van der Waals surface area contributed by atoms with Crippen molar-refractivity contribution in [3.63, 3.8) is 0 Å². The number of amides is 1. The van der Waals surface area contributed by atoms with Gasteiger partial charge in [-0.2, -0.15) is 0 Å². The number of carbonyl (C=O) groups excluding carboxylic acids is 1. The molecule has 0 N–H and O–H groups in total. The van der Waals surface area contributed by atoms with Gasteiger partial charge in [0, 0.05) is 24.9 Å². The fraction of sp³-hybridized carbons (Fsp3) is 0.400. The van der Waals surface area contributed by atoms with Crippen LogP contribution in [-0.2, 0) is 9.47 Å². The molecule has 1 amide bonds. The number of hydrogen-bond acceptors (Lipinski definition) is 5. The molecule has 7 heteroatoms. The van der Waals surface area contributed by atoms with Crippen LogP contribution in [0.1, 0.15) is 10.4 Å². The summed E-state index contributed by atoms with van der Waals surface area (Å²) in [5.41, 5.74) is 1.57. The zero-order chi connectivity index (χ0) is 15.4. The Morgan fingerprint density at radius 1 is 1.32 bits per heavy atom. The fourth-order valence-corrected chi connectivity index (χ4v) is 2.53. The van der Waals surface area contributed by atoms with Gasteiger partial charge in [0.15, 0.2) is 0 Å². The zero-order valence-corrected chi connectivity index (χ0v) is 12.4. The molecule has 1 aromatic heterocycles. The molecule has 1 fully saturated rings. The summed E-state index contributed by atoms with van der Waals surface area (Å²) in [5, 5.41) is 7.54. The van der Waals surface area contributed by atoms with Gasteiger partial charge in [0.2, 0.25) is 0 Å². The second-order valence-corrected chi connectivity index (χ2v) is 5.10. The van der Waals surface area contributed by atoms with E-state index in [-0.39, 0.29) is 11.9 Å². The Morgan fingerprint density at radius 2 is 2.05 bits per heavy atom. The van der Waals surface area contributed by atoms with Crippen LogP contribution in [0.2, 0.25) is 0 Å². The van der Waals surface area contributed by atoms with Gasteiger partial charge in [0.25, 0.3) is 5.91 Å². The van der Waals surface area contributed by atoms with Crippen molar-refractivity contribution in [3.05, 3.63) is 42.5 Å². The van der Waals surface area contributed by atoms with Crippen molar-refractivity contribution >= 4 is 5.91 Å². The number of methoxy groups -OCH3 is 1. The Kier molecular flexibility index (Phi) is 4.45. The first-order chi connectivity index (χ1) is 10.8. The van der Waals surface area contributed by atoms with Gasteiger partial charge in [-0.25, -0.2) is 0 Å². The third kappa shape index (κ3) is 3.00. The van der Waals surface area contributed by atoms with E-state index >= 15 is 0 Å². The number of carbonyl (C=O) groups is 1. The second kappa shape index (κ2) is 6.67. The summed E-state index contributed by atoms with van der Waals surface area (Å²) in [5.74, 6) is 0.000608. The minimum absolute atomic E-state index is 0.000608. The standard InChI is InChI=1S/C15H18N4O3/c1-21-8-14-9-22-7-6-19(14)15(20)12-2-4-13(5-3-12)18-10-16-17-11-18/h2-5,10-11,14H,6-9H2,1H3. The zero-order valence-electron chi connectivity index (χ0n) is 12.4. The number of benzene rings is 1. The summed E-state index contributed by atoms with van der Waals surface area (Å²) >= 11 is 0. The topological polar surface area (TPSA) is 69.5 Å². The molecule has 1 saturated heterocycles. The third-order valence-electron chi connectivity index (χ3n) is 3.68. The van der Waals surface area contributed by atoms with Crippen LogP contribution in [0.4, 0.5) is 0 Å². The summed E-state index contributed by atoms with van der Waals surface area (Å²) in [6, 6.07) is 7.35. The predicted molar refractivity (Wildman–Crippen MR) is 78.9 cm³/mol. The summed E-state index contributed by atoms with van der Waals surface area (Å²) < 4.78 is 12.4. The number of ether oxygens (including phenoxy) is 2. The van der Waals surface area contributed by atoms with Gasteiger partial charge in [-0.3, -0.25) is 9.36 Å². The summed E-state index contributed by atoms with van der Waals surface area (Å²) in [6.45, 7) is 2.13. The third-order valence-corrected chi connectivity index (χ3v) is 3.68. The molecule has 0 radical (unpaired) electrons. The van der Waals surface area contributed by atoms with Crippen LogP contribution in [-0.4, -0.2) is 65.1 Å². The molecular weight excluding hydrogens is 284 g/mol. The largest absolute Gasteiger partial charge is 0.382 e. The van der Waals surface area contributed by atoms with Crippen molar-refractivity contribution < 1.29 is 14.3 Å². The molecule has 1 aliphatic rings. The van der Waals surface area contributed by atoms with Crippen LogP contribution in [0.5, 0.6) is 0 Å². The lowest BCUT2D eigenvalue weighted by atomic mass is 10.1. The first-order valence-corrected chi connectivity index (χ1v) is 7.12. The molecule has 2 aromatic rings. The number of hydrogen-bond donors (Lipinski definition) is 0. The first kappa shape index (κ1) is 14.7. The molecule has 1 aliphatic heterocycles. The minimum Gasteiger partial charge on any atom is -0.382 e. The van der Waals surface area contributed by atoms with Crippen molar-refractivity contribution in [2.24, 2.45) is 0 Å². The lowest BCUT2D eigenvalue weighted by molar-refractivity contribution is -0.0251. The lowest BCUT2D eigenvalue weighted by Gasteiger charge is -2.35. The Bertz CT molecular complexity index is 610. The summed E-state index contributed by atoms with van der Waals surface area (Å²) in [7, 11) is 1.63. The van der Waals surface area contributed by atoms with E-state index < -0.39 is 0 Å². The molecule has 3 rings (SSSR count). The Balaban J connectivity index is 1.76. The number of rotatable bonds is 4. The predicted octanol–water partition coefficient (Wildman–Crippen LogP) is 0.755. The maximum Gasteiger partial charge on any atom is 0.254 e. The van der Waals surface area contributed by atoms with E-state index in [4.69, 9.17) is 9.47 Å². The Hall–Kier alpha value is -2.25. The number of nitrogens with zero attached hydrogens (tertiary/aromatic N) is 4. The molecular formula is C15H18N4O3. The van der Waals surface area contributed by atoms with E-state index in [9.17, 15) is 4.79 Å². The summed E-state index contributed by atoms with van der Waals surface area (Å²) in [4.78, 5) is 14.5. The van der Waals surface area contributed by atoms with E-state index in [0.29, 0.717) is 31.9 Å². The highest BCUT2D eigenvalue weighted by molar-refractivity contribution is 5.94. The van der Waals surface area contributed by atoms with Crippen LogP contribution in [0.15, 0.2) is 36.9 Å². The normalized spacial score (nSPS) is 18.4. The first-order valence-electron chi connectivity index (χ1n) is 7.12. The van der Waals surface area contributed by atoms with Gasteiger partial charge in [0.05, 0.1) is 25.9 Å². The van der Waals surface area contributed by atoms with Crippen LogP contribution >= 0.6 is 0 Å². The maximum absolute atomic E-state index is 12.7. The molecule has 1 unspecified atom stereocenters. The molecule has 22 heavy (non-hydrogen) atoms. The van der Waals surface area contributed by atoms with Gasteiger partial charge in [0.1, 0.15) is 12.7 Å². The average Bonchev–Trinajstić information content (AvgIpc) is 3.10. The van der Waals surface area contributed by atoms with Crippen molar-refractivity contribution in [2.45, 2.75) is 6.04 Å². The maximum atomic E-state index is 12.7. The number of morpholine rings is 1. The van der Waals surface area contributed by atoms with E-state index in [2.05, 4.69) is 10.2 Å². The average molecular weight is 302 g/mol. The van der Waals surface area contributed by atoms with Gasteiger partial charge < -0.3 is 14.4 Å². The van der Waals surface area contributed by atoms with E-state index in [1.54, 1.807) is 24.3 Å². The fourth-order valence-electron chi connectivity index (χ4n) is 2.53. The Labute approximate surface area is 128 Å². The van der Waals surface area contributed by atoms with Gasteiger partial charge in [-0.05, 0) is 24.3 Å². The monoisotopic (exact) mass is 302 g/mol. The molecule has 116 valence electrons.